The van der Waals surface area contributed by atoms with Crippen LogP contribution in [0.25, 0.3) is 0 Å². The van der Waals surface area contributed by atoms with Crippen molar-refractivity contribution in [1.29, 1.82) is 0 Å². The van der Waals surface area contributed by atoms with Crippen molar-refractivity contribution in [3.63, 3.8) is 0 Å². The third kappa shape index (κ3) is 5.71. The molecule has 0 heterocycles. The summed E-state index contributed by atoms with van der Waals surface area (Å²) in [6.45, 7) is -0.105. The summed E-state index contributed by atoms with van der Waals surface area (Å²) >= 11 is -0.202. The maximum atomic E-state index is 11.9. The van der Waals surface area contributed by atoms with Gasteiger partial charge in [-0.05, 0) is 24.6 Å². The van der Waals surface area contributed by atoms with Crippen molar-refractivity contribution < 1.29 is 27.9 Å². The molecule has 1 fully saturated rings. The zero-order chi connectivity index (χ0) is 14.5. The van der Waals surface area contributed by atoms with Crippen LogP contribution in [0.5, 0.6) is 0 Å². The second-order valence-corrected chi connectivity index (χ2v) is 5.58. The molecule has 0 unspecified atom stereocenters. The first-order valence-corrected chi connectivity index (χ1v) is 7.01. The van der Waals surface area contributed by atoms with Gasteiger partial charge in [0.2, 0.25) is 5.91 Å². The van der Waals surface area contributed by atoms with Gasteiger partial charge in [0.15, 0.2) is 0 Å². The number of hydrogen-bond acceptors (Lipinski definition) is 3. The summed E-state index contributed by atoms with van der Waals surface area (Å²) in [5, 5.41) is 11.4. The van der Waals surface area contributed by atoms with E-state index in [2.05, 4.69) is 5.32 Å². The van der Waals surface area contributed by atoms with Crippen LogP contribution in [0.1, 0.15) is 25.7 Å². The number of carbonyl (C=O) groups excluding carboxylic acids is 1. The van der Waals surface area contributed by atoms with E-state index in [9.17, 15) is 22.8 Å². The highest BCUT2D eigenvalue weighted by Crippen LogP contribution is 2.31. The van der Waals surface area contributed by atoms with Gasteiger partial charge in [0.1, 0.15) is 0 Å². The molecule has 0 bridgehead atoms. The summed E-state index contributed by atoms with van der Waals surface area (Å²) in [6, 6.07) is 0. The van der Waals surface area contributed by atoms with E-state index >= 15 is 0 Å². The fraction of sp³-hybridized carbons (Fsp3) is 0.818. The lowest BCUT2D eigenvalue weighted by Crippen LogP contribution is -2.40. The van der Waals surface area contributed by atoms with Crippen LogP contribution in [0.3, 0.4) is 0 Å². The number of hydrogen-bond donors (Lipinski definition) is 2. The molecule has 1 saturated carbocycles. The van der Waals surface area contributed by atoms with Crippen molar-refractivity contribution in [3.8, 4) is 0 Å². The summed E-state index contributed by atoms with van der Waals surface area (Å²) in [4.78, 5) is 22.8. The highest BCUT2D eigenvalue weighted by Gasteiger charge is 2.35. The predicted octanol–water partition coefficient (Wildman–Crippen LogP) is 2.25. The average Bonchev–Trinajstić information content (AvgIpc) is 2.33. The minimum Gasteiger partial charge on any atom is -0.481 e. The first-order valence-electron chi connectivity index (χ1n) is 6.02. The number of amides is 1. The molecular weight excluding hydrogens is 283 g/mol. The van der Waals surface area contributed by atoms with Gasteiger partial charge in [-0.15, -0.1) is 0 Å². The van der Waals surface area contributed by atoms with Crippen molar-refractivity contribution in [1.82, 2.24) is 5.32 Å². The van der Waals surface area contributed by atoms with Gasteiger partial charge in [0, 0.05) is 12.3 Å². The van der Waals surface area contributed by atoms with Crippen LogP contribution < -0.4 is 5.32 Å². The van der Waals surface area contributed by atoms with E-state index in [1.807, 2.05) is 0 Å². The monoisotopic (exact) mass is 299 g/mol. The van der Waals surface area contributed by atoms with Gasteiger partial charge in [0.05, 0.1) is 11.8 Å². The molecule has 110 valence electrons. The minimum atomic E-state index is -4.31. The Kier molecular flexibility index (Phi) is 5.96. The molecule has 8 heteroatoms. The first kappa shape index (κ1) is 16.1. The number of carboxylic acids is 1. The Morgan fingerprint density at radius 1 is 1.21 bits per heavy atom. The Bertz CT molecular complexity index is 336. The van der Waals surface area contributed by atoms with E-state index < -0.39 is 29.2 Å². The summed E-state index contributed by atoms with van der Waals surface area (Å²) < 4.78 is 35.6. The van der Waals surface area contributed by atoms with Gasteiger partial charge in [-0.2, -0.15) is 13.2 Å². The van der Waals surface area contributed by atoms with Crippen molar-refractivity contribution in [2.75, 3.05) is 12.3 Å². The zero-order valence-corrected chi connectivity index (χ0v) is 11.0. The Morgan fingerprint density at radius 2 is 1.79 bits per heavy atom. The van der Waals surface area contributed by atoms with Crippen LogP contribution in [0.2, 0.25) is 0 Å². The molecule has 1 aliphatic carbocycles. The van der Waals surface area contributed by atoms with Gasteiger partial charge in [-0.1, -0.05) is 12.8 Å². The summed E-state index contributed by atoms with van der Waals surface area (Å²) in [5.74, 6) is -3.06. The van der Waals surface area contributed by atoms with E-state index in [0.29, 0.717) is 12.8 Å². The Labute approximate surface area is 113 Å². The Hall–Kier alpha value is -0.920. The normalized spacial score (nSPS) is 23.9. The van der Waals surface area contributed by atoms with E-state index in [0.717, 1.165) is 12.8 Å². The second kappa shape index (κ2) is 7.02. The molecule has 2 atom stereocenters. The molecule has 0 aromatic carbocycles. The minimum absolute atomic E-state index is 0.105. The highest BCUT2D eigenvalue weighted by molar-refractivity contribution is 8.00. The first-order chi connectivity index (χ1) is 8.81. The molecule has 0 aliphatic heterocycles. The lowest BCUT2D eigenvalue weighted by Gasteiger charge is -2.27. The molecule has 1 amide bonds. The third-order valence-electron chi connectivity index (χ3n) is 3.09. The van der Waals surface area contributed by atoms with Gasteiger partial charge < -0.3 is 10.4 Å². The molecule has 2 N–H and O–H groups in total. The molecule has 1 rings (SSSR count). The molecule has 4 nitrogen and oxygen atoms in total. The van der Waals surface area contributed by atoms with E-state index in [4.69, 9.17) is 5.11 Å². The average molecular weight is 299 g/mol. The molecule has 0 aromatic rings. The van der Waals surface area contributed by atoms with Crippen LogP contribution in [0, 0.1) is 11.8 Å². The molecule has 0 aromatic heterocycles. The van der Waals surface area contributed by atoms with Gasteiger partial charge >= 0.3 is 11.5 Å². The lowest BCUT2D eigenvalue weighted by atomic mass is 9.79. The standard InChI is InChI=1S/C11H16F3NO3S/c12-11(13,14)19-6-5-15-9(16)7-3-1-2-4-8(7)10(17)18/h7-8H,1-6H2,(H,15,16)(H,17,18)/t7-,8+/m1/s1. The van der Waals surface area contributed by atoms with Crippen LogP contribution in [0.15, 0.2) is 0 Å². The molecule has 0 spiro atoms. The highest BCUT2D eigenvalue weighted by atomic mass is 32.2. The van der Waals surface area contributed by atoms with Crippen molar-refractivity contribution in [2.45, 2.75) is 31.2 Å². The predicted molar refractivity (Wildman–Crippen MR) is 64.6 cm³/mol. The van der Waals surface area contributed by atoms with Gasteiger partial charge in [-0.3, -0.25) is 9.59 Å². The van der Waals surface area contributed by atoms with Gasteiger partial charge in [0.25, 0.3) is 0 Å². The molecule has 0 radical (unpaired) electrons. The number of alkyl halides is 3. The quantitative estimate of drug-likeness (QED) is 0.764. The van der Waals surface area contributed by atoms with Crippen LogP contribution in [0.4, 0.5) is 13.2 Å². The SMILES string of the molecule is O=C(O)[C@H]1CCCC[C@H]1C(=O)NCCSC(F)(F)F. The largest absolute Gasteiger partial charge is 0.481 e. The van der Waals surface area contributed by atoms with Crippen molar-refractivity contribution in [3.05, 3.63) is 0 Å². The summed E-state index contributed by atoms with van der Waals surface area (Å²) in [6.07, 6.45) is 2.48. The van der Waals surface area contributed by atoms with Crippen LogP contribution in [-0.2, 0) is 9.59 Å². The van der Waals surface area contributed by atoms with Crippen LogP contribution >= 0.6 is 11.8 Å². The van der Waals surface area contributed by atoms with E-state index in [1.165, 1.54) is 0 Å². The number of rotatable bonds is 5. The number of carboxylic acid groups (broad SMARTS) is 1. The smallest absolute Gasteiger partial charge is 0.441 e. The second-order valence-electron chi connectivity index (χ2n) is 4.42. The zero-order valence-electron chi connectivity index (χ0n) is 10.2. The van der Waals surface area contributed by atoms with Crippen LogP contribution in [-0.4, -0.2) is 34.8 Å². The molecular formula is C11H16F3NO3S. The Balaban J connectivity index is 2.37. The lowest BCUT2D eigenvalue weighted by molar-refractivity contribution is -0.148. The topological polar surface area (TPSA) is 66.4 Å². The number of halogens is 3. The summed E-state index contributed by atoms with van der Waals surface area (Å²) in [7, 11) is 0. The number of thioether (sulfide) groups is 1. The van der Waals surface area contributed by atoms with Gasteiger partial charge in [-0.25, -0.2) is 0 Å². The molecule has 1 aliphatic rings. The van der Waals surface area contributed by atoms with Crippen molar-refractivity contribution >= 4 is 23.6 Å². The Morgan fingerprint density at radius 3 is 2.32 bits per heavy atom. The maximum Gasteiger partial charge on any atom is 0.441 e. The van der Waals surface area contributed by atoms with E-state index in [-0.39, 0.29) is 24.1 Å². The summed E-state index contributed by atoms with van der Waals surface area (Å²) in [5.41, 5.74) is -4.31. The van der Waals surface area contributed by atoms with E-state index in [1.54, 1.807) is 0 Å². The number of aliphatic carboxylic acids is 1. The fourth-order valence-electron chi connectivity index (χ4n) is 2.21. The number of nitrogens with one attached hydrogen (secondary N) is 1. The van der Waals surface area contributed by atoms with Crippen molar-refractivity contribution in [2.24, 2.45) is 11.8 Å². The molecule has 0 saturated heterocycles. The third-order valence-corrected chi connectivity index (χ3v) is 3.82. The number of carbonyl (C=O) groups is 2. The molecule has 19 heavy (non-hydrogen) atoms. The fourth-order valence-corrected chi connectivity index (χ4v) is 2.65. The maximum absolute atomic E-state index is 11.9.